The van der Waals surface area contributed by atoms with E-state index in [9.17, 15) is 9.90 Å². The number of ether oxygens (including phenoxy) is 1. The smallest absolute Gasteiger partial charge is 0.221 e. The summed E-state index contributed by atoms with van der Waals surface area (Å²) in [5, 5.41) is 12.8. The molecule has 0 saturated heterocycles. The number of anilines is 1. The van der Waals surface area contributed by atoms with E-state index in [-0.39, 0.29) is 12.5 Å². The van der Waals surface area contributed by atoms with Gasteiger partial charge in [0, 0.05) is 23.3 Å². The van der Waals surface area contributed by atoms with Crippen LogP contribution in [0.4, 0.5) is 5.69 Å². The Morgan fingerprint density at radius 1 is 1.21 bits per heavy atom. The Bertz CT molecular complexity index is 686. The van der Waals surface area contributed by atoms with Crippen LogP contribution in [-0.4, -0.2) is 29.5 Å². The molecule has 0 aliphatic rings. The van der Waals surface area contributed by atoms with E-state index < -0.39 is 6.10 Å². The van der Waals surface area contributed by atoms with Gasteiger partial charge in [0.25, 0.3) is 0 Å². The zero-order valence-corrected chi connectivity index (χ0v) is 15.0. The fourth-order valence-electron chi connectivity index (χ4n) is 2.13. The molecule has 0 aliphatic heterocycles. The Morgan fingerprint density at radius 3 is 2.58 bits per heavy atom. The van der Waals surface area contributed by atoms with Crippen LogP contribution in [0.2, 0.25) is 0 Å². The van der Waals surface area contributed by atoms with Gasteiger partial charge in [-0.15, -0.1) is 11.8 Å². The van der Waals surface area contributed by atoms with Crippen molar-refractivity contribution in [3.8, 4) is 5.75 Å². The number of carbonyl (C=O) groups is 1. The third kappa shape index (κ3) is 5.91. The molecule has 0 fully saturated rings. The highest BCUT2D eigenvalue weighted by molar-refractivity contribution is 7.99. The lowest BCUT2D eigenvalue weighted by atomic mass is 10.2. The number of aryl methyl sites for hydroxylation is 2. The Hall–Kier alpha value is -1.98. The lowest BCUT2D eigenvalue weighted by Crippen LogP contribution is -2.20. The largest absolute Gasteiger partial charge is 0.491 e. The van der Waals surface area contributed by atoms with Crippen LogP contribution in [0.1, 0.15) is 18.1 Å². The average Bonchev–Trinajstić information content (AvgIpc) is 2.54. The highest BCUT2D eigenvalue weighted by Gasteiger charge is 2.08. The van der Waals surface area contributed by atoms with Crippen LogP contribution in [0.3, 0.4) is 0 Å². The normalized spacial score (nSPS) is 11.8. The molecule has 1 amide bonds. The van der Waals surface area contributed by atoms with Crippen molar-refractivity contribution in [1.29, 1.82) is 0 Å². The predicted octanol–water partition coefficient (Wildman–Crippen LogP) is 3.79. The van der Waals surface area contributed by atoms with E-state index >= 15 is 0 Å². The molecule has 2 rings (SSSR count). The molecule has 0 heterocycles. The van der Waals surface area contributed by atoms with Crippen molar-refractivity contribution in [2.45, 2.75) is 31.8 Å². The SMILES string of the molecule is CC(=O)Nc1ccc(OCC(O)CSc2cc(C)ccc2C)cc1. The molecule has 0 spiro atoms. The maximum Gasteiger partial charge on any atom is 0.221 e. The number of aliphatic hydroxyl groups is 1. The third-order valence-electron chi connectivity index (χ3n) is 3.39. The minimum atomic E-state index is -0.551. The monoisotopic (exact) mass is 345 g/mol. The number of hydrogen-bond acceptors (Lipinski definition) is 4. The van der Waals surface area contributed by atoms with Crippen LogP contribution in [0.15, 0.2) is 47.4 Å². The van der Waals surface area contributed by atoms with Crippen molar-refractivity contribution in [2.75, 3.05) is 17.7 Å². The van der Waals surface area contributed by atoms with Crippen LogP contribution >= 0.6 is 11.8 Å². The second-order valence-corrected chi connectivity index (χ2v) is 6.81. The van der Waals surface area contributed by atoms with Gasteiger partial charge >= 0.3 is 0 Å². The van der Waals surface area contributed by atoms with Gasteiger partial charge in [0.1, 0.15) is 12.4 Å². The van der Waals surface area contributed by atoms with Gasteiger partial charge in [-0.25, -0.2) is 0 Å². The zero-order valence-electron chi connectivity index (χ0n) is 14.2. The summed E-state index contributed by atoms with van der Waals surface area (Å²) < 4.78 is 5.59. The van der Waals surface area contributed by atoms with Crippen LogP contribution in [0.5, 0.6) is 5.75 Å². The molecule has 1 atom stereocenters. The van der Waals surface area contributed by atoms with Gasteiger partial charge in [-0.3, -0.25) is 4.79 Å². The molecule has 0 radical (unpaired) electrons. The summed E-state index contributed by atoms with van der Waals surface area (Å²) in [6, 6.07) is 13.4. The maximum atomic E-state index is 11.0. The lowest BCUT2D eigenvalue weighted by Gasteiger charge is -2.13. The molecule has 128 valence electrons. The predicted molar refractivity (Wildman–Crippen MR) is 98.9 cm³/mol. The first kappa shape index (κ1) is 18.4. The summed E-state index contributed by atoms with van der Waals surface area (Å²) in [5.74, 6) is 1.14. The van der Waals surface area contributed by atoms with E-state index in [2.05, 4.69) is 37.4 Å². The van der Waals surface area contributed by atoms with E-state index in [4.69, 9.17) is 4.74 Å². The summed E-state index contributed by atoms with van der Waals surface area (Å²) >= 11 is 1.64. The number of amides is 1. The molecule has 0 bridgehead atoms. The van der Waals surface area contributed by atoms with Crippen molar-refractivity contribution >= 4 is 23.4 Å². The highest BCUT2D eigenvalue weighted by atomic mass is 32.2. The quantitative estimate of drug-likeness (QED) is 0.750. The fraction of sp³-hybridized carbons (Fsp3) is 0.316. The van der Waals surface area contributed by atoms with Gasteiger partial charge in [-0.2, -0.15) is 0 Å². The molecule has 24 heavy (non-hydrogen) atoms. The second-order valence-electron chi connectivity index (χ2n) is 5.75. The second kappa shape index (κ2) is 8.76. The van der Waals surface area contributed by atoms with Crippen molar-refractivity contribution in [3.63, 3.8) is 0 Å². The number of hydrogen-bond donors (Lipinski definition) is 2. The summed E-state index contributed by atoms with van der Waals surface area (Å²) in [7, 11) is 0. The number of benzene rings is 2. The first-order valence-corrected chi connectivity index (χ1v) is 8.81. The van der Waals surface area contributed by atoms with Crippen molar-refractivity contribution in [1.82, 2.24) is 0 Å². The number of carbonyl (C=O) groups excluding carboxylic acids is 1. The van der Waals surface area contributed by atoms with Crippen LogP contribution in [0, 0.1) is 13.8 Å². The van der Waals surface area contributed by atoms with Gasteiger partial charge in [-0.05, 0) is 49.7 Å². The van der Waals surface area contributed by atoms with Gasteiger partial charge in [-0.1, -0.05) is 17.7 Å². The molecule has 4 nitrogen and oxygen atoms in total. The minimum absolute atomic E-state index is 0.109. The van der Waals surface area contributed by atoms with Crippen LogP contribution < -0.4 is 10.1 Å². The minimum Gasteiger partial charge on any atom is -0.491 e. The Kier molecular flexibility index (Phi) is 6.70. The number of thioether (sulfide) groups is 1. The van der Waals surface area contributed by atoms with E-state index in [1.54, 1.807) is 36.0 Å². The van der Waals surface area contributed by atoms with E-state index in [1.807, 2.05) is 0 Å². The average molecular weight is 345 g/mol. The number of rotatable bonds is 7. The van der Waals surface area contributed by atoms with Crippen LogP contribution in [0.25, 0.3) is 0 Å². The molecule has 0 aromatic heterocycles. The Labute approximate surface area is 147 Å². The van der Waals surface area contributed by atoms with Crippen molar-refractivity contribution in [3.05, 3.63) is 53.6 Å². The van der Waals surface area contributed by atoms with Crippen LogP contribution in [-0.2, 0) is 4.79 Å². The Morgan fingerprint density at radius 2 is 1.92 bits per heavy atom. The van der Waals surface area contributed by atoms with E-state index in [0.717, 1.165) is 5.69 Å². The standard InChI is InChI=1S/C19H23NO3S/c1-13-4-5-14(2)19(10-13)24-12-17(22)11-23-18-8-6-16(7-9-18)20-15(3)21/h4-10,17,22H,11-12H2,1-3H3,(H,20,21). The summed E-state index contributed by atoms with van der Waals surface area (Å²) in [5.41, 5.74) is 3.15. The number of aliphatic hydroxyl groups excluding tert-OH is 1. The van der Waals surface area contributed by atoms with E-state index in [0.29, 0.717) is 11.5 Å². The third-order valence-corrected chi connectivity index (χ3v) is 4.69. The molecular weight excluding hydrogens is 322 g/mol. The maximum absolute atomic E-state index is 11.0. The van der Waals surface area contributed by atoms with E-state index in [1.165, 1.54) is 22.9 Å². The van der Waals surface area contributed by atoms with Gasteiger partial charge in [0.05, 0.1) is 6.10 Å². The molecular formula is C19H23NO3S. The van der Waals surface area contributed by atoms with Crippen molar-refractivity contribution < 1.29 is 14.6 Å². The molecule has 2 aromatic carbocycles. The lowest BCUT2D eigenvalue weighted by molar-refractivity contribution is -0.114. The molecule has 5 heteroatoms. The topological polar surface area (TPSA) is 58.6 Å². The summed E-state index contributed by atoms with van der Waals surface area (Å²) in [4.78, 5) is 12.2. The van der Waals surface area contributed by atoms with Gasteiger partial charge < -0.3 is 15.2 Å². The number of nitrogens with one attached hydrogen (secondary N) is 1. The first-order valence-electron chi connectivity index (χ1n) is 7.82. The van der Waals surface area contributed by atoms with Gasteiger partial charge in [0.15, 0.2) is 0 Å². The zero-order chi connectivity index (χ0) is 17.5. The molecule has 2 aromatic rings. The molecule has 0 saturated carbocycles. The van der Waals surface area contributed by atoms with Crippen molar-refractivity contribution in [2.24, 2.45) is 0 Å². The molecule has 1 unspecified atom stereocenters. The summed E-state index contributed by atoms with van der Waals surface area (Å²) in [6.45, 7) is 5.83. The Balaban J connectivity index is 1.79. The summed E-state index contributed by atoms with van der Waals surface area (Å²) in [6.07, 6.45) is -0.551. The molecule has 2 N–H and O–H groups in total. The first-order chi connectivity index (χ1) is 11.4. The van der Waals surface area contributed by atoms with Gasteiger partial charge in [0.2, 0.25) is 5.91 Å². The molecule has 0 aliphatic carbocycles. The highest BCUT2D eigenvalue weighted by Crippen LogP contribution is 2.24. The fourth-order valence-corrected chi connectivity index (χ4v) is 3.16.